The molecule has 2 aromatic rings. The number of nitrogens with zero attached hydrogens (tertiary/aromatic N) is 3. The standard InChI is InChI=1S/C15H20ClN3/c1-10-7-6-8-12(11(10)2)14-18-17-13(9-16)19(14)15(3,4)5/h6-8H,9H2,1-5H3. The molecule has 0 saturated carbocycles. The van der Waals surface area contributed by atoms with Crippen molar-refractivity contribution in [3.8, 4) is 11.4 Å². The summed E-state index contributed by atoms with van der Waals surface area (Å²) < 4.78 is 2.13. The highest BCUT2D eigenvalue weighted by molar-refractivity contribution is 6.16. The van der Waals surface area contributed by atoms with Gasteiger partial charge in [0.2, 0.25) is 0 Å². The van der Waals surface area contributed by atoms with E-state index in [0.29, 0.717) is 5.88 Å². The van der Waals surface area contributed by atoms with Crippen molar-refractivity contribution >= 4 is 11.6 Å². The van der Waals surface area contributed by atoms with Crippen LogP contribution >= 0.6 is 11.6 Å². The molecule has 0 fully saturated rings. The molecular weight excluding hydrogens is 258 g/mol. The van der Waals surface area contributed by atoms with Crippen molar-refractivity contribution in [2.24, 2.45) is 0 Å². The Balaban J connectivity index is 2.70. The van der Waals surface area contributed by atoms with Crippen LogP contribution in [0.2, 0.25) is 0 Å². The van der Waals surface area contributed by atoms with Gasteiger partial charge in [-0.3, -0.25) is 0 Å². The molecule has 0 spiro atoms. The minimum Gasteiger partial charge on any atom is -0.305 e. The van der Waals surface area contributed by atoms with Gasteiger partial charge in [0.05, 0.1) is 5.88 Å². The number of halogens is 1. The molecule has 102 valence electrons. The third-order valence-electron chi connectivity index (χ3n) is 3.37. The molecule has 4 heteroatoms. The maximum Gasteiger partial charge on any atom is 0.164 e. The number of alkyl halides is 1. The molecule has 0 atom stereocenters. The molecule has 0 aliphatic heterocycles. The molecule has 0 N–H and O–H groups in total. The first-order chi connectivity index (χ1) is 8.86. The molecule has 0 aliphatic rings. The summed E-state index contributed by atoms with van der Waals surface area (Å²) in [7, 11) is 0. The van der Waals surface area contributed by atoms with Crippen LogP contribution in [0.25, 0.3) is 11.4 Å². The average molecular weight is 278 g/mol. The van der Waals surface area contributed by atoms with Gasteiger partial charge in [-0.05, 0) is 45.7 Å². The molecular formula is C15H20ClN3. The zero-order valence-electron chi connectivity index (χ0n) is 12.2. The van der Waals surface area contributed by atoms with Gasteiger partial charge < -0.3 is 4.57 Å². The first-order valence-corrected chi connectivity index (χ1v) is 6.97. The Kier molecular flexibility index (Phi) is 3.68. The van der Waals surface area contributed by atoms with E-state index >= 15 is 0 Å². The Morgan fingerprint density at radius 2 is 1.84 bits per heavy atom. The highest BCUT2D eigenvalue weighted by atomic mass is 35.5. The summed E-state index contributed by atoms with van der Waals surface area (Å²) in [5.74, 6) is 2.07. The van der Waals surface area contributed by atoms with Gasteiger partial charge in [0.15, 0.2) is 5.82 Å². The summed E-state index contributed by atoms with van der Waals surface area (Å²) >= 11 is 5.99. The molecule has 3 nitrogen and oxygen atoms in total. The van der Waals surface area contributed by atoms with E-state index in [1.165, 1.54) is 11.1 Å². The molecule has 1 aromatic heterocycles. The van der Waals surface area contributed by atoms with Crippen molar-refractivity contribution in [1.82, 2.24) is 14.8 Å². The van der Waals surface area contributed by atoms with Crippen LogP contribution in [-0.4, -0.2) is 14.8 Å². The Hall–Kier alpha value is -1.35. The van der Waals surface area contributed by atoms with Crippen LogP contribution in [-0.2, 0) is 11.4 Å². The summed E-state index contributed by atoms with van der Waals surface area (Å²) in [5, 5.41) is 8.58. The van der Waals surface area contributed by atoms with Gasteiger partial charge in [0.25, 0.3) is 0 Å². The van der Waals surface area contributed by atoms with Crippen molar-refractivity contribution < 1.29 is 0 Å². The van der Waals surface area contributed by atoms with Crippen molar-refractivity contribution in [3.05, 3.63) is 35.2 Å². The van der Waals surface area contributed by atoms with E-state index < -0.39 is 0 Å². The normalized spacial score (nSPS) is 11.9. The monoisotopic (exact) mass is 277 g/mol. The van der Waals surface area contributed by atoms with Crippen molar-refractivity contribution in [2.75, 3.05) is 0 Å². The average Bonchev–Trinajstić information content (AvgIpc) is 2.76. The molecule has 1 aromatic carbocycles. The predicted octanol–water partition coefficient (Wildman–Crippen LogP) is 4.06. The fourth-order valence-corrected chi connectivity index (χ4v) is 2.45. The predicted molar refractivity (Wildman–Crippen MR) is 79.5 cm³/mol. The minimum absolute atomic E-state index is 0.0980. The molecule has 0 radical (unpaired) electrons. The first-order valence-electron chi connectivity index (χ1n) is 6.43. The lowest BCUT2D eigenvalue weighted by Crippen LogP contribution is -2.25. The van der Waals surface area contributed by atoms with Crippen molar-refractivity contribution in [3.63, 3.8) is 0 Å². The topological polar surface area (TPSA) is 30.7 Å². The largest absolute Gasteiger partial charge is 0.305 e. The fourth-order valence-electron chi connectivity index (χ4n) is 2.28. The molecule has 0 bridgehead atoms. The number of aromatic nitrogens is 3. The Bertz CT molecular complexity index is 594. The summed E-state index contributed by atoms with van der Waals surface area (Å²) in [4.78, 5) is 0. The highest BCUT2D eigenvalue weighted by Gasteiger charge is 2.24. The van der Waals surface area contributed by atoms with E-state index in [1.54, 1.807) is 0 Å². The van der Waals surface area contributed by atoms with E-state index in [4.69, 9.17) is 11.6 Å². The zero-order valence-corrected chi connectivity index (χ0v) is 12.9. The third kappa shape index (κ3) is 2.52. The lowest BCUT2D eigenvalue weighted by molar-refractivity contribution is 0.390. The van der Waals surface area contributed by atoms with Crippen LogP contribution in [0.1, 0.15) is 37.7 Å². The molecule has 2 rings (SSSR count). The second-order valence-electron chi connectivity index (χ2n) is 5.83. The molecule has 0 amide bonds. The van der Waals surface area contributed by atoms with Crippen LogP contribution in [0, 0.1) is 13.8 Å². The lowest BCUT2D eigenvalue weighted by atomic mass is 10.0. The Morgan fingerprint density at radius 3 is 2.42 bits per heavy atom. The number of hydrogen-bond acceptors (Lipinski definition) is 2. The summed E-state index contributed by atoms with van der Waals surface area (Å²) in [6, 6.07) is 6.26. The maximum absolute atomic E-state index is 5.99. The van der Waals surface area contributed by atoms with Crippen LogP contribution < -0.4 is 0 Å². The maximum atomic E-state index is 5.99. The van der Waals surface area contributed by atoms with E-state index in [9.17, 15) is 0 Å². The number of hydrogen-bond donors (Lipinski definition) is 0. The van der Waals surface area contributed by atoms with E-state index in [0.717, 1.165) is 17.2 Å². The van der Waals surface area contributed by atoms with E-state index in [-0.39, 0.29) is 5.54 Å². The number of rotatable bonds is 2. The summed E-state index contributed by atoms with van der Waals surface area (Å²) in [6.45, 7) is 10.6. The van der Waals surface area contributed by atoms with Gasteiger partial charge in [-0.2, -0.15) is 0 Å². The molecule has 0 aliphatic carbocycles. The van der Waals surface area contributed by atoms with Gasteiger partial charge in [0, 0.05) is 11.1 Å². The summed E-state index contributed by atoms with van der Waals surface area (Å²) in [5.41, 5.74) is 3.52. The highest BCUT2D eigenvalue weighted by Crippen LogP contribution is 2.29. The number of aryl methyl sites for hydroxylation is 1. The molecule has 19 heavy (non-hydrogen) atoms. The van der Waals surface area contributed by atoms with Crippen LogP contribution in [0.15, 0.2) is 18.2 Å². The summed E-state index contributed by atoms with van der Waals surface area (Å²) in [6.07, 6.45) is 0. The minimum atomic E-state index is -0.0980. The second kappa shape index (κ2) is 4.97. The lowest BCUT2D eigenvalue weighted by Gasteiger charge is -2.25. The molecule has 0 saturated heterocycles. The Labute approximate surface area is 119 Å². The SMILES string of the molecule is Cc1cccc(-c2nnc(CCl)n2C(C)(C)C)c1C. The first kappa shape index (κ1) is 14.1. The number of benzene rings is 1. The molecule has 1 heterocycles. The quantitative estimate of drug-likeness (QED) is 0.775. The van der Waals surface area contributed by atoms with E-state index in [1.807, 2.05) is 0 Å². The van der Waals surface area contributed by atoms with Gasteiger partial charge in [-0.25, -0.2) is 0 Å². The van der Waals surface area contributed by atoms with Gasteiger partial charge in [-0.1, -0.05) is 18.2 Å². The Morgan fingerprint density at radius 1 is 1.16 bits per heavy atom. The fraction of sp³-hybridized carbons (Fsp3) is 0.467. The smallest absolute Gasteiger partial charge is 0.164 e. The third-order valence-corrected chi connectivity index (χ3v) is 3.60. The van der Waals surface area contributed by atoms with Crippen molar-refractivity contribution in [2.45, 2.75) is 46.0 Å². The van der Waals surface area contributed by atoms with Crippen LogP contribution in [0.3, 0.4) is 0 Å². The molecule has 0 unspecified atom stereocenters. The van der Waals surface area contributed by atoms with Gasteiger partial charge >= 0.3 is 0 Å². The van der Waals surface area contributed by atoms with Crippen molar-refractivity contribution in [1.29, 1.82) is 0 Å². The zero-order chi connectivity index (χ0) is 14.2. The van der Waals surface area contributed by atoms with Crippen LogP contribution in [0.5, 0.6) is 0 Å². The van der Waals surface area contributed by atoms with Gasteiger partial charge in [0.1, 0.15) is 5.82 Å². The second-order valence-corrected chi connectivity index (χ2v) is 6.09. The van der Waals surface area contributed by atoms with Crippen LogP contribution in [0.4, 0.5) is 0 Å². The van der Waals surface area contributed by atoms with Gasteiger partial charge in [-0.15, -0.1) is 21.8 Å². The van der Waals surface area contributed by atoms with E-state index in [2.05, 4.69) is 67.6 Å².